The summed E-state index contributed by atoms with van der Waals surface area (Å²) in [7, 11) is 0. The average Bonchev–Trinajstić information content (AvgIpc) is 2.11. The Labute approximate surface area is 78.3 Å². The summed E-state index contributed by atoms with van der Waals surface area (Å²) in [5, 5.41) is 0. The fraction of sp³-hybridized carbons (Fsp3) is 1.00. The monoisotopic (exact) mass is 219 g/mol. The van der Waals surface area contributed by atoms with Gasteiger partial charge < -0.3 is 0 Å². The molecule has 1 heterocycles. The van der Waals surface area contributed by atoms with E-state index in [1.807, 2.05) is 0 Å². The molecule has 1 nitrogen and oxygen atoms in total. The summed E-state index contributed by atoms with van der Waals surface area (Å²) in [6.45, 7) is 10.4. The summed E-state index contributed by atoms with van der Waals surface area (Å²) in [6.07, 6.45) is 1.29. The van der Waals surface area contributed by atoms with Gasteiger partial charge in [0.1, 0.15) is 0 Å². The van der Waals surface area contributed by atoms with E-state index in [0.29, 0.717) is 16.4 Å². The van der Waals surface area contributed by atoms with E-state index < -0.39 is 0 Å². The van der Waals surface area contributed by atoms with Crippen LogP contribution in [-0.2, 0) is 0 Å². The zero-order valence-electron chi connectivity index (χ0n) is 7.89. The third kappa shape index (κ3) is 1.97. The second-order valence-corrected chi connectivity index (χ2v) is 5.59. The number of alkyl halides is 1. The van der Waals surface area contributed by atoms with Gasteiger partial charge in [-0.15, -0.1) is 0 Å². The summed E-state index contributed by atoms with van der Waals surface area (Å²) >= 11 is 3.69. The van der Waals surface area contributed by atoms with Crippen molar-refractivity contribution < 1.29 is 0 Å². The molecule has 2 heteroatoms. The van der Waals surface area contributed by atoms with Crippen LogP contribution >= 0.6 is 15.9 Å². The molecule has 0 spiro atoms. The molecule has 66 valence electrons. The Kier molecular flexibility index (Phi) is 2.65. The molecule has 0 aliphatic carbocycles. The van der Waals surface area contributed by atoms with Crippen LogP contribution in [-0.4, -0.2) is 27.9 Å². The molecule has 2 atom stereocenters. The molecule has 11 heavy (non-hydrogen) atoms. The quantitative estimate of drug-likeness (QED) is 0.567. The van der Waals surface area contributed by atoms with Crippen molar-refractivity contribution in [2.24, 2.45) is 0 Å². The lowest BCUT2D eigenvalue weighted by Gasteiger charge is -2.36. The van der Waals surface area contributed by atoms with Crippen LogP contribution in [0.25, 0.3) is 0 Å². The fourth-order valence-electron chi connectivity index (χ4n) is 1.85. The van der Waals surface area contributed by atoms with Gasteiger partial charge in [-0.1, -0.05) is 15.9 Å². The first-order valence-electron chi connectivity index (χ1n) is 4.34. The molecule has 0 saturated carbocycles. The number of hydrogen-bond donors (Lipinski definition) is 0. The van der Waals surface area contributed by atoms with E-state index in [-0.39, 0.29) is 0 Å². The summed E-state index contributed by atoms with van der Waals surface area (Å²) in [5.74, 6) is 0. The molecule has 1 aliphatic heterocycles. The predicted molar refractivity (Wildman–Crippen MR) is 53.3 cm³/mol. The molecule has 0 aromatic rings. The molecule has 0 unspecified atom stereocenters. The lowest BCUT2D eigenvalue weighted by Crippen LogP contribution is -2.44. The normalized spacial score (nSPS) is 34.6. The maximum Gasteiger partial charge on any atom is 0.0311 e. The van der Waals surface area contributed by atoms with Gasteiger partial charge in [-0.25, -0.2) is 0 Å². The molecule has 0 aromatic carbocycles. The molecular weight excluding hydrogens is 202 g/mol. The van der Waals surface area contributed by atoms with Crippen LogP contribution in [0.3, 0.4) is 0 Å². The van der Waals surface area contributed by atoms with Gasteiger partial charge >= 0.3 is 0 Å². The fourth-order valence-corrected chi connectivity index (χ4v) is 2.34. The third-order valence-electron chi connectivity index (χ3n) is 2.52. The van der Waals surface area contributed by atoms with E-state index in [1.54, 1.807) is 0 Å². The van der Waals surface area contributed by atoms with Crippen molar-refractivity contribution in [1.82, 2.24) is 4.90 Å². The van der Waals surface area contributed by atoms with Crippen LogP contribution in [0.5, 0.6) is 0 Å². The summed E-state index contributed by atoms with van der Waals surface area (Å²) in [4.78, 5) is 3.26. The maximum atomic E-state index is 3.69. The molecule has 0 radical (unpaired) electrons. The lowest BCUT2D eigenvalue weighted by atomic mass is 10.1. The minimum atomic E-state index is 0.335. The second kappa shape index (κ2) is 3.06. The predicted octanol–water partition coefficient (Wildman–Crippen LogP) is 2.64. The molecule has 0 aromatic heterocycles. The van der Waals surface area contributed by atoms with Crippen LogP contribution < -0.4 is 0 Å². The number of nitrogens with zero attached hydrogens (tertiary/aromatic N) is 1. The van der Waals surface area contributed by atoms with Crippen molar-refractivity contribution in [3.63, 3.8) is 0 Å². The van der Waals surface area contributed by atoms with E-state index >= 15 is 0 Å². The Morgan fingerprint density at radius 2 is 1.91 bits per heavy atom. The molecular formula is C9H18BrN. The molecule has 1 saturated heterocycles. The van der Waals surface area contributed by atoms with Crippen LogP contribution in [0.4, 0.5) is 0 Å². The lowest BCUT2D eigenvalue weighted by molar-refractivity contribution is 0.132. The third-order valence-corrected chi connectivity index (χ3v) is 3.75. The Balaban J connectivity index is 2.62. The van der Waals surface area contributed by atoms with Gasteiger partial charge in [0, 0.05) is 23.0 Å². The van der Waals surface area contributed by atoms with Crippen molar-refractivity contribution in [1.29, 1.82) is 0 Å². The van der Waals surface area contributed by atoms with Crippen LogP contribution in [0.1, 0.15) is 34.1 Å². The first-order chi connectivity index (χ1) is 4.93. The standard InChI is InChI=1S/C9H18BrN/c1-7-8(10)5-6-11(7)9(2,3)4/h7-8H,5-6H2,1-4H3/t7-,8+/m0/s1. The number of likely N-dealkylation sites (tertiary alicyclic amines) is 1. The van der Waals surface area contributed by atoms with Gasteiger partial charge in [-0.2, -0.15) is 0 Å². The highest BCUT2D eigenvalue weighted by atomic mass is 79.9. The largest absolute Gasteiger partial charge is 0.295 e. The summed E-state index contributed by atoms with van der Waals surface area (Å²) in [5.41, 5.74) is 0.335. The van der Waals surface area contributed by atoms with Crippen LogP contribution in [0.15, 0.2) is 0 Å². The van der Waals surface area contributed by atoms with Crippen LogP contribution in [0, 0.1) is 0 Å². The van der Waals surface area contributed by atoms with E-state index in [0.717, 1.165) is 0 Å². The van der Waals surface area contributed by atoms with Gasteiger partial charge in [0.25, 0.3) is 0 Å². The van der Waals surface area contributed by atoms with E-state index in [2.05, 4.69) is 48.5 Å². The SMILES string of the molecule is C[C@H]1[C@H](Br)CCN1C(C)(C)C. The molecule has 1 fully saturated rings. The highest BCUT2D eigenvalue weighted by Crippen LogP contribution is 2.30. The van der Waals surface area contributed by atoms with Crippen molar-refractivity contribution in [3.8, 4) is 0 Å². The first kappa shape index (κ1) is 9.53. The number of rotatable bonds is 0. The van der Waals surface area contributed by atoms with Crippen molar-refractivity contribution in [2.75, 3.05) is 6.54 Å². The zero-order valence-corrected chi connectivity index (χ0v) is 9.48. The number of hydrogen-bond acceptors (Lipinski definition) is 1. The smallest absolute Gasteiger partial charge is 0.0311 e. The van der Waals surface area contributed by atoms with Gasteiger partial charge in [-0.3, -0.25) is 4.90 Å². The zero-order chi connectivity index (χ0) is 8.65. The van der Waals surface area contributed by atoms with Gasteiger partial charge in [0.2, 0.25) is 0 Å². The highest BCUT2D eigenvalue weighted by molar-refractivity contribution is 9.09. The molecule has 1 aliphatic rings. The Morgan fingerprint density at radius 1 is 1.36 bits per heavy atom. The Bertz CT molecular complexity index is 139. The summed E-state index contributed by atoms with van der Waals surface area (Å²) < 4.78 is 0. The van der Waals surface area contributed by atoms with Gasteiger partial charge in [0.15, 0.2) is 0 Å². The molecule has 1 rings (SSSR count). The number of halogens is 1. The van der Waals surface area contributed by atoms with Crippen LogP contribution in [0.2, 0.25) is 0 Å². The molecule has 0 amide bonds. The first-order valence-corrected chi connectivity index (χ1v) is 5.25. The van der Waals surface area contributed by atoms with Crippen molar-refractivity contribution in [2.45, 2.75) is 50.5 Å². The Morgan fingerprint density at radius 3 is 2.09 bits per heavy atom. The Hall–Kier alpha value is 0.440. The van der Waals surface area contributed by atoms with E-state index in [4.69, 9.17) is 0 Å². The van der Waals surface area contributed by atoms with Crippen molar-refractivity contribution in [3.05, 3.63) is 0 Å². The summed E-state index contributed by atoms with van der Waals surface area (Å²) in [6, 6.07) is 0.690. The van der Waals surface area contributed by atoms with Crippen molar-refractivity contribution >= 4 is 15.9 Å². The topological polar surface area (TPSA) is 3.24 Å². The van der Waals surface area contributed by atoms with Gasteiger partial charge in [0.05, 0.1) is 0 Å². The van der Waals surface area contributed by atoms with E-state index in [9.17, 15) is 0 Å². The minimum Gasteiger partial charge on any atom is -0.295 e. The minimum absolute atomic E-state index is 0.335. The highest BCUT2D eigenvalue weighted by Gasteiger charge is 2.35. The van der Waals surface area contributed by atoms with Gasteiger partial charge in [-0.05, 0) is 34.1 Å². The molecule has 0 N–H and O–H groups in total. The molecule has 0 bridgehead atoms. The van der Waals surface area contributed by atoms with E-state index in [1.165, 1.54) is 13.0 Å². The maximum absolute atomic E-state index is 3.69. The average molecular weight is 220 g/mol. The second-order valence-electron chi connectivity index (χ2n) is 4.41.